The number of nitrogens with zero attached hydrogens (tertiary/aromatic N) is 4. The number of fused-ring (bicyclic) bond motifs is 1. The first-order valence-corrected chi connectivity index (χ1v) is 7.82. The average molecular weight is 356 g/mol. The number of anilines is 1. The molecule has 1 amide bonds. The average Bonchev–Trinajstić information content (AvgIpc) is 2.71. The molecule has 0 bridgehead atoms. The lowest BCUT2D eigenvalue weighted by Gasteiger charge is -2.26. The van der Waals surface area contributed by atoms with Crippen molar-refractivity contribution in [1.82, 2.24) is 0 Å². The van der Waals surface area contributed by atoms with Gasteiger partial charge in [0.2, 0.25) is 0 Å². The molecule has 7 nitrogen and oxygen atoms in total. The molecule has 0 saturated carbocycles. The van der Waals surface area contributed by atoms with Gasteiger partial charge in [-0.1, -0.05) is 0 Å². The van der Waals surface area contributed by atoms with E-state index in [4.69, 9.17) is 10.00 Å². The third kappa shape index (κ3) is 2.98. The van der Waals surface area contributed by atoms with Crippen molar-refractivity contribution in [1.29, 1.82) is 15.8 Å². The molecule has 1 aliphatic heterocycles. The summed E-state index contributed by atoms with van der Waals surface area (Å²) in [4.78, 5) is 12.6. The minimum Gasteiger partial charge on any atom is -0.497 e. The summed E-state index contributed by atoms with van der Waals surface area (Å²) in [7, 11) is 1.52. The third-order valence-electron chi connectivity index (χ3n) is 4.30. The van der Waals surface area contributed by atoms with E-state index < -0.39 is 5.91 Å². The normalized spacial score (nSPS) is 14.5. The van der Waals surface area contributed by atoms with Crippen molar-refractivity contribution >= 4 is 17.2 Å². The van der Waals surface area contributed by atoms with Crippen molar-refractivity contribution in [2.24, 2.45) is 0 Å². The zero-order chi connectivity index (χ0) is 19.6. The maximum atomic E-state index is 12.6. The van der Waals surface area contributed by atoms with Crippen LogP contribution in [0.5, 0.6) is 5.75 Å². The van der Waals surface area contributed by atoms with Gasteiger partial charge >= 0.3 is 0 Å². The Labute approximate surface area is 155 Å². The van der Waals surface area contributed by atoms with Gasteiger partial charge < -0.3 is 4.74 Å². The Hall–Kier alpha value is -4.12. The Bertz CT molecular complexity index is 1100. The smallest absolute Gasteiger partial charge is 0.279 e. The largest absolute Gasteiger partial charge is 0.497 e. The topological polar surface area (TPSA) is 121 Å². The predicted molar refractivity (Wildman–Crippen MR) is 94.4 cm³/mol. The highest BCUT2D eigenvalue weighted by atomic mass is 16.5. The second-order valence-electron chi connectivity index (χ2n) is 5.74. The Morgan fingerprint density at radius 2 is 1.74 bits per heavy atom. The van der Waals surface area contributed by atoms with Crippen LogP contribution in [0.4, 0.5) is 5.69 Å². The number of hydroxylamine groups is 1. The monoisotopic (exact) mass is 356 g/mol. The zero-order valence-electron chi connectivity index (χ0n) is 14.2. The maximum Gasteiger partial charge on any atom is 0.279 e. The SMILES string of the molecule is COc1ccc(/C(C#N)=C2/Cc3cc(C#N)c(C#N)cc3N(O)C2=O)cc1. The van der Waals surface area contributed by atoms with E-state index >= 15 is 0 Å². The van der Waals surface area contributed by atoms with Crippen molar-refractivity contribution in [3.63, 3.8) is 0 Å². The molecule has 27 heavy (non-hydrogen) atoms. The van der Waals surface area contributed by atoms with Gasteiger partial charge in [-0.3, -0.25) is 10.0 Å². The van der Waals surface area contributed by atoms with Gasteiger partial charge in [-0.15, -0.1) is 0 Å². The van der Waals surface area contributed by atoms with E-state index in [2.05, 4.69) is 0 Å². The molecule has 0 aromatic heterocycles. The maximum absolute atomic E-state index is 12.6. The quantitative estimate of drug-likeness (QED) is 0.501. The van der Waals surface area contributed by atoms with E-state index in [-0.39, 0.29) is 34.4 Å². The summed E-state index contributed by atoms with van der Waals surface area (Å²) in [5, 5.41) is 38.6. The number of carbonyl (C=O) groups excluding carboxylic acids is 1. The lowest BCUT2D eigenvalue weighted by atomic mass is 9.89. The molecule has 2 aromatic rings. The zero-order valence-corrected chi connectivity index (χ0v) is 14.2. The number of rotatable bonds is 2. The molecule has 3 rings (SSSR count). The number of allylic oxidation sites excluding steroid dienone is 1. The molecule has 0 aliphatic carbocycles. The molecule has 0 unspecified atom stereocenters. The number of amides is 1. The molecule has 0 saturated heterocycles. The summed E-state index contributed by atoms with van der Waals surface area (Å²) >= 11 is 0. The van der Waals surface area contributed by atoms with E-state index in [1.807, 2.05) is 18.2 Å². The molecule has 1 aliphatic rings. The summed E-state index contributed by atoms with van der Waals surface area (Å²) in [6.07, 6.45) is 0.0561. The summed E-state index contributed by atoms with van der Waals surface area (Å²) in [6.45, 7) is 0. The highest BCUT2D eigenvalue weighted by Gasteiger charge is 2.31. The van der Waals surface area contributed by atoms with E-state index in [0.29, 0.717) is 21.9 Å². The summed E-state index contributed by atoms with van der Waals surface area (Å²) in [6, 6.07) is 15.2. The molecule has 1 heterocycles. The molecule has 0 radical (unpaired) electrons. The highest BCUT2D eigenvalue weighted by Crippen LogP contribution is 2.35. The number of benzene rings is 2. The minimum atomic E-state index is -0.747. The van der Waals surface area contributed by atoms with E-state index in [1.165, 1.54) is 19.2 Å². The Morgan fingerprint density at radius 1 is 1.11 bits per heavy atom. The van der Waals surface area contributed by atoms with Crippen molar-refractivity contribution in [3.05, 3.63) is 64.2 Å². The third-order valence-corrected chi connectivity index (χ3v) is 4.30. The number of ether oxygens (including phenoxy) is 1. The van der Waals surface area contributed by atoms with Gasteiger partial charge in [0, 0.05) is 12.0 Å². The standard InChI is InChI=1S/C20H12N4O3/c1-27-16-4-2-12(3-5-16)18(11-23)17-7-13-6-14(9-21)15(10-22)8-19(13)24(26)20(17)25/h2-6,8,26H,7H2,1H3/b18-17-. The molecule has 130 valence electrons. The summed E-state index contributed by atoms with van der Waals surface area (Å²) in [5.74, 6) is -0.142. The van der Waals surface area contributed by atoms with Crippen LogP contribution in [0.25, 0.3) is 5.57 Å². The van der Waals surface area contributed by atoms with Gasteiger partial charge in [-0.2, -0.15) is 20.8 Å². The highest BCUT2D eigenvalue weighted by molar-refractivity contribution is 6.13. The van der Waals surface area contributed by atoms with Gasteiger partial charge in [0.15, 0.2) is 0 Å². The van der Waals surface area contributed by atoms with Crippen LogP contribution in [0.2, 0.25) is 0 Å². The number of hydrogen-bond donors (Lipinski definition) is 1. The number of carbonyl (C=O) groups is 1. The van der Waals surface area contributed by atoms with E-state index in [0.717, 1.165) is 0 Å². The van der Waals surface area contributed by atoms with Crippen LogP contribution in [-0.2, 0) is 11.2 Å². The molecule has 0 spiro atoms. The molecular formula is C20H12N4O3. The lowest BCUT2D eigenvalue weighted by molar-refractivity contribution is -0.120. The van der Waals surface area contributed by atoms with Crippen LogP contribution in [0.3, 0.4) is 0 Å². The van der Waals surface area contributed by atoms with Gasteiger partial charge in [0.25, 0.3) is 5.91 Å². The van der Waals surface area contributed by atoms with Crippen LogP contribution in [-0.4, -0.2) is 18.2 Å². The van der Waals surface area contributed by atoms with Crippen molar-refractivity contribution in [3.8, 4) is 24.0 Å². The van der Waals surface area contributed by atoms with Gasteiger partial charge in [0.1, 0.15) is 24.0 Å². The van der Waals surface area contributed by atoms with Gasteiger partial charge in [0.05, 0.1) is 29.5 Å². The fourth-order valence-electron chi connectivity index (χ4n) is 2.92. The first kappa shape index (κ1) is 17.7. The number of methoxy groups -OCH3 is 1. The summed E-state index contributed by atoms with van der Waals surface area (Å²) < 4.78 is 5.09. The molecule has 7 heteroatoms. The van der Waals surface area contributed by atoms with Crippen LogP contribution >= 0.6 is 0 Å². The van der Waals surface area contributed by atoms with Gasteiger partial charge in [-0.05, 0) is 47.5 Å². The molecular weight excluding hydrogens is 344 g/mol. The van der Waals surface area contributed by atoms with Crippen molar-refractivity contribution in [2.75, 3.05) is 12.2 Å². The molecule has 0 fully saturated rings. The second kappa shape index (κ2) is 7.01. The van der Waals surface area contributed by atoms with E-state index in [1.54, 1.807) is 24.3 Å². The molecule has 2 aromatic carbocycles. The van der Waals surface area contributed by atoms with Crippen molar-refractivity contribution in [2.45, 2.75) is 6.42 Å². The molecule has 1 N–H and O–H groups in total. The Balaban J connectivity index is 2.17. The fraction of sp³-hybridized carbons (Fsp3) is 0.100. The van der Waals surface area contributed by atoms with Crippen LogP contribution < -0.4 is 9.80 Å². The molecule has 0 atom stereocenters. The van der Waals surface area contributed by atoms with E-state index in [9.17, 15) is 20.5 Å². The Kier molecular flexibility index (Phi) is 4.60. The van der Waals surface area contributed by atoms with Crippen LogP contribution in [0.1, 0.15) is 22.3 Å². The first-order valence-electron chi connectivity index (χ1n) is 7.82. The fourth-order valence-corrected chi connectivity index (χ4v) is 2.92. The minimum absolute atomic E-state index is 0.0561. The number of nitriles is 3. The lowest BCUT2D eigenvalue weighted by Crippen LogP contribution is -2.34. The predicted octanol–water partition coefficient (Wildman–Crippen LogP) is 2.69. The van der Waals surface area contributed by atoms with Crippen LogP contribution in [0, 0.1) is 34.0 Å². The van der Waals surface area contributed by atoms with Crippen LogP contribution in [0.15, 0.2) is 42.0 Å². The van der Waals surface area contributed by atoms with Gasteiger partial charge in [-0.25, -0.2) is 0 Å². The second-order valence-corrected chi connectivity index (χ2v) is 5.74. The van der Waals surface area contributed by atoms with Crippen molar-refractivity contribution < 1.29 is 14.7 Å². The Morgan fingerprint density at radius 3 is 2.30 bits per heavy atom. The first-order chi connectivity index (χ1) is 13.0. The number of hydrogen-bond acceptors (Lipinski definition) is 6. The summed E-state index contributed by atoms with van der Waals surface area (Å²) in [5.41, 5.74) is 1.54.